The van der Waals surface area contributed by atoms with Crippen LogP contribution in [0.25, 0.3) is 0 Å². The van der Waals surface area contributed by atoms with Crippen molar-refractivity contribution < 1.29 is 17.9 Å². The first-order chi connectivity index (χ1) is 12.1. The van der Waals surface area contributed by atoms with Crippen LogP contribution in [0.1, 0.15) is 25.7 Å². The molecular formula is C18H28N2O4S. The Balaban J connectivity index is 1.50. The minimum atomic E-state index is -3.54. The predicted molar refractivity (Wildman–Crippen MR) is 96.3 cm³/mol. The molecule has 2 aliphatic heterocycles. The number of hydrogen-bond acceptors (Lipinski definition) is 5. The van der Waals surface area contributed by atoms with Crippen LogP contribution in [-0.4, -0.2) is 59.3 Å². The number of benzene rings is 1. The van der Waals surface area contributed by atoms with Crippen LogP contribution in [0, 0.1) is 5.92 Å². The number of nitrogens with zero attached hydrogens (tertiary/aromatic N) is 1. The fourth-order valence-electron chi connectivity index (χ4n) is 3.72. The molecule has 0 bridgehead atoms. The molecule has 0 aromatic heterocycles. The second-order valence-corrected chi connectivity index (χ2v) is 8.56. The molecule has 6 nitrogen and oxygen atoms in total. The first kappa shape index (κ1) is 18.6. The summed E-state index contributed by atoms with van der Waals surface area (Å²) in [5, 5.41) is 0. The lowest BCUT2D eigenvalue weighted by atomic mass is 9.94. The molecule has 2 heterocycles. The average Bonchev–Trinajstić information content (AvgIpc) is 2.67. The van der Waals surface area contributed by atoms with Gasteiger partial charge in [0.15, 0.2) is 0 Å². The van der Waals surface area contributed by atoms with Crippen LogP contribution in [0.2, 0.25) is 0 Å². The fraction of sp³-hybridized carbons (Fsp3) is 0.667. The van der Waals surface area contributed by atoms with Gasteiger partial charge in [-0.15, -0.1) is 0 Å². The molecule has 0 radical (unpaired) electrons. The van der Waals surface area contributed by atoms with E-state index < -0.39 is 10.0 Å². The van der Waals surface area contributed by atoms with Gasteiger partial charge in [0.05, 0.1) is 7.11 Å². The number of ether oxygens (including phenoxy) is 2. The zero-order valence-electron chi connectivity index (χ0n) is 14.8. The Hall–Kier alpha value is -1.15. The second-order valence-electron chi connectivity index (χ2n) is 6.83. The van der Waals surface area contributed by atoms with Crippen molar-refractivity contribution in [1.82, 2.24) is 9.62 Å². The first-order valence-electron chi connectivity index (χ1n) is 9.04. The van der Waals surface area contributed by atoms with Gasteiger partial charge >= 0.3 is 0 Å². The van der Waals surface area contributed by atoms with Gasteiger partial charge in [-0.1, -0.05) is 12.1 Å². The van der Waals surface area contributed by atoms with Crippen LogP contribution < -0.4 is 9.46 Å². The predicted octanol–water partition coefficient (Wildman–Crippen LogP) is 1.86. The molecule has 0 unspecified atom stereocenters. The van der Waals surface area contributed by atoms with Crippen LogP contribution in [0.4, 0.5) is 0 Å². The molecule has 0 saturated carbocycles. The van der Waals surface area contributed by atoms with Gasteiger partial charge in [0.2, 0.25) is 10.0 Å². The molecule has 2 saturated heterocycles. The molecule has 1 aromatic carbocycles. The van der Waals surface area contributed by atoms with E-state index in [9.17, 15) is 8.42 Å². The van der Waals surface area contributed by atoms with Crippen molar-refractivity contribution in [1.29, 1.82) is 0 Å². The lowest BCUT2D eigenvalue weighted by Crippen LogP contribution is -2.45. The minimum Gasteiger partial charge on any atom is -0.495 e. The highest BCUT2D eigenvalue weighted by atomic mass is 32.2. The zero-order chi connectivity index (χ0) is 17.7. The van der Waals surface area contributed by atoms with E-state index in [0.29, 0.717) is 24.3 Å². The van der Waals surface area contributed by atoms with E-state index in [2.05, 4.69) is 9.62 Å². The van der Waals surface area contributed by atoms with Crippen molar-refractivity contribution >= 4 is 10.0 Å². The molecule has 2 fully saturated rings. The van der Waals surface area contributed by atoms with Crippen molar-refractivity contribution in [2.24, 2.45) is 5.92 Å². The summed E-state index contributed by atoms with van der Waals surface area (Å²) in [6.07, 6.45) is 4.30. The maximum atomic E-state index is 12.6. The van der Waals surface area contributed by atoms with E-state index in [1.165, 1.54) is 7.11 Å². The van der Waals surface area contributed by atoms with Gasteiger partial charge in [0.1, 0.15) is 10.6 Å². The summed E-state index contributed by atoms with van der Waals surface area (Å²) < 4.78 is 38.5. The van der Waals surface area contributed by atoms with Gasteiger partial charge in [0.25, 0.3) is 0 Å². The summed E-state index contributed by atoms with van der Waals surface area (Å²) in [6, 6.07) is 7.36. The van der Waals surface area contributed by atoms with Crippen molar-refractivity contribution in [2.45, 2.75) is 36.6 Å². The summed E-state index contributed by atoms with van der Waals surface area (Å²) in [4.78, 5) is 2.76. The molecule has 1 aromatic rings. The highest BCUT2D eigenvalue weighted by molar-refractivity contribution is 7.89. The third-order valence-electron chi connectivity index (χ3n) is 5.28. The average molecular weight is 368 g/mol. The topological polar surface area (TPSA) is 67.9 Å². The first-order valence-corrected chi connectivity index (χ1v) is 10.5. The highest BCUT2D eigenvalue weighted by Gasteiger charge is 2.27. The number of hydrogen-bond donors (Lipinski definition) is 1. The van der Waals surface area contributed by atoms with Crippen molar-refractivity contribution in [3.63, 3.8) is 0 Å². The van der Waals surface area contributed by atoms with Crippen molar-refractivity contribution in [3.05, 3.63) is 24.3 Å². The maximum absolute atomic E-state index is 12.6. The number of piperidine rings is 1. The number of likely N-dealkylation sites (tertiary alicyclic amines) is 1. The lowest BCUT2D eigenvalue weighted by molar-refractivity contribution is 0.0214. The number of methoxy groups -OCH3 is 1. The molecular weight excluding hydrogens is 340 g/mol. The largest absolute Gasteiger partial charge is 0.495 e. The Kier molecular flexibility index (Phi) is 6.33. The van der Waals surface area contributed by atoms with E-state index in [1.807, 2.05) is 0 Å². The molecule has 140 valence electrons. The van der Waals surface area contributed by atoms with E-state index >= 15 is 0 Å². The van der Waals surface area contributed by atoms with E-state index in [-0.39, 0.29) is 4.90 Å². The number of para-hydroxylation sites is 1. The van der Waals surface area contributed by atoms with Crippen LogP contribution >= 0.6 is 0 Å². The van der Waals surface area contributed by atoms with Crippen LogP contribution in [0.15, 0.2) is 29.2 Å². The molecule has 3 rings (SSSR count). The smallest absolute Gasteiger partial charge is 0.244 e. The normalized spacial score (nSPS) is 21.3. The summed E-state index contributed by atoms with van der Waals surface area (Å²) >= 11 is 0. The van der Waals surface area contributed by atoms with Crippen molar-refractivity contribution in [2.75, 3.05) is 40.0 Å². The molecule has 0 aliphatic carbocycles. The standard InChI is InChI=1S/C18H28N2O4S/c1-23-17-4-2-3-5-18(17)25(21,22)19-14-15-6-10-20(11-7-15)16-8-12-24-13-9-16/h2-5,15-16,19H,6-14H2,1H3. The second kappa shape index (κ2) is 8.49. The summed E-state index contributed by atoms with van der Waals surface area (Å²) in [5.41, 5.74) is 0. The highest BCUT2D eigenvalue weighted by Crippen LogP contribution is 2.25. The molecule has 1 N–H and O–H groups in total. The fourth-order valence-corrected chi connectivity index (χ4v) is 5.00. The molecule has 0 spiro atoms. The van der Waals surface area contributed by atoms with E-state index in [0.717, 1.165) is 52.0 Å². The Labute approximate surface area is 150 Å². The van der Waals surface area contributed by atoms with E-state index in [4.69, 9.17) is 9.47 Å². The Morgan fingerprint density at radius 3 is 2.52 bits per heavy atom. The van der Waals surface area contributed by atoms with Gasteiger partial charge in [-0.2, -0.15) is 0 Å². The monoisotopic (exact) mass is 368 g/mol. The van der Waals surface area contributed by atoms with Gasteiger partial charge < -0.3 is 14.4 Å². The third kappa shape index (κ3) is 4.73. The maximum Gasteiger partial charge on any atom is 0.244 e. The lowest BCUT2D eigenvalue weighted by Gasteiger charge is -2.39. The summed E-state index contributed by atoms with van der Waals surface area (Å²) in [7, 11) is -2.06. The van der Waals surface area contributed by atoms with Gasteiger partial charge in [-0.3, -0.25) is 0 Å². The Bertz CT molecular complexity index is 651. The Morgan fingerprint density at radius 1 is 1.16 bits per heavy atom. The molecule has 0 amide bonds. The zero-order valence-corrected chi connectivity index (χ0v) is 15.6. The molecule has 25 heavy (non-hydrogen) atoms. The van der Waals surface area contributed by atoms with Gasteiger partial charge in [-0.05, 0) is 56.8 Å². The van der Waals surface area contributed by atoms with Gasteiger partial charge in [-0.25, -0.2) is 13.1 Å². The third-order valence-corrected chi connectivity index (χ3v) is 6.74. The van der Waals surface area contributed by atoms with Crippen molar-refractivity contribution in [3.8, 4) is 5.75 Å². The van der Waals surface area contributed by atoms with Crippen LogP contribution in [0.5, 0.6) is 5.75 Å². The minimum absolute atomic E-state index is 0.206. The number of sulfonamides is 1. The Morgan fingerprint density at radius 2 is 1.84 bits per heavy atom. The molecule has 7 heteroatoms. The van der Waals surface area contributed by atoms with Crippen LogP contribution in [-0.2, 0) is 14.8 Å². The number of rotatable bonds is 6. The van der Waals surface area contributed by atoms with Crippen LogP contribution in [0.3, 0.4) is 0 Å². The summed E-state index contributed by atoms with van der Waals surface area (Å²) in [5.74, 6) is 0.768. The SMILES string of the molecule is COc1ccccc1S(=O)(=O)NCC1CCN(C2CCOCC2)CC1. The molecule has 0 atom stereocenters. The molecule has 2 aliphatic rings. The van der Waals surface area contributed by atoms with E-state index in [1.54, 1.807) is 24.3 Å². The van der Waals surface area contributed by atoms with Gasteiger partial charge in [0, 0.05) is 25.8 Å². The number of nitrogens with one attached hydrogen (secondary N) is 1. The quantitative estimate of drug-likeness (QED) is 0.830. The summed E-state index contributed by atoms with van der Waals surface area (Å²) in [6.45, 7) is 4.31.